The van der Waals surface area contributed by atoms with E-state index in [9.17, 15) is 4.79 Å². The maximum absolute atomic E-state index is 11.9. The number of tetrazole rings is 1. The van der Waals surface area contributed by atoms with Crippen molar-refractivity contribution in [1.29, 1.82) is 0 Å². The van der Waals surface area contributed by atoms with E-state index in [0.29, 0.717) is 10.9 Å². The van der Waals surface area contributed by atoms with E-state index >= 15 is 0 Å². The molecule has 0 saturated carbocycles. The molecule has 7 nitrogen and oxygen atoms in total. The van der Waals surface area contributed by atoms with Crippen LogP contribution >= 0.6 is 11.8 Å². The van der Waals surface area contributed by atoms with Crippen LogP contribution < -0.4 is 10.1 Å². The van der Waals surface area contributed by atoms with Gasteiger partial charge in [-0.3, -0.25) is 4.79 Å². The number of aryl methyl sites for hydroxylation is 1. The van der Waals surface area contributed by atoms with Crippen molar-refractivity contribution in [3.8, 4) is 23.8 Å². The highest BCUT2D eigenvalue weighted by Crippen LogP contribution is 2.28. The molecule has 2 aromatic rings. The van der Waals surface area contributed by atoms with E-state index in [1.807, 2.05) is 25.1 Å². The molecule has 1 atom stereocenters. The Balaban J connectivity index is 2.25. The largest absolute Gasteiger partial charge is 0.494 e. The fraction of sp³-hybridized carbons (Fsp3) is 0.333. The van der Waals surface area contributed by atoms with Crippen LogP contribution in [0, 0.1) is 19.3 Å². The van der Waals surface area contributed by atoms with E-state index in [2.05, 4.69) is 26.8 Å². The summed E-state index contributed by atoms with van der Waals surface area (Å²) in [5.41, 5.74) is 1.77. The minimum Gasteiger partial charge on any atom is -0.494 e. The van der Waals surface area contributed by atoms with Gasteiger partial charge in [-0.25, -0.2) is 0 Å². The highest BCUT2D eigenvalue weighted by molar-refractivity contribution is 8.00. The lowest BCUT2D eigenvalue weighted by molar-refractivity contribution is -0.120. The molecule has 0 bridgehead atoms. The van der Waals surface area contributed by atoms with Crippen molar-refractivity contribution in [2.45, 2.75) is 24.3 Å². The summed E-state index contributed by atoms with van der Waals surface area (Å²) in [7, 11) is 1.58. The average Bonchev–Trinajstić information content (AvgIpc) is 3.00. The minimum absolute atomic E-state index is 0.168. The van der Waals surface area contributed by atoms with Crippen LogP contribution in [0.4, 0.5) is 0 Å². The molecule has 0 aliphatic carbocycles. The third kappa shape index (κ3) is 4.02. The summed E-state index contributed by atoms with van der Waals surface area (Å²) in [5.74, 6) is 2.85. The van der Waals surface area contributed by atoms with E-state index < -0.39 is 0 Å². The van der Waals surface area contributed by atoms with Gasteiger partial charge in [-0.05, 0) is 42.0 Å². The van der Waals surface area contributed by atoms with Gasteiger partial charge >= 0.3 is 0 Å². The van der Waals surface area contributed by atoms with E-state index in [1.54, 1.807) is 18.7 Å². The van der Waals surface area contributed by atoms with Gasteiger partial charge in [-0.1, -0.05) is 23.7 Å². The van der Waals surface area contributed by atoms with Crippen molar-refractivity contribution >= 4 is 17.7 Å². The molecule has 8 heteroatoms. The molecule has 0 saturated heterocycles. The van der Waals surface area contributed by atoms with Crippen molar-refractivity contribution in [1.82, 2.24) is 25.5 Å². The highest BCUT2D eigenvalue weighted by atomic mass is 32.2. The zero-order chi connectivity index (χ0) is 16.8. The summed E-state index contributed by atoms with van der Waals surface area (Å²) in [6.45, 7) is 3.93. The zero-order valence-corrected chi connectivity index (χ0v) is 13.9. The van der Waals surface area contributed by atoms with Crippen LogP contribution in [-0.4, -0.2) is 45.0 Å². The number of hydrogen-bond acceptors (Lipinski definition) is 6. The van der Waals surface area contributed by atoms with Gasteiger partial charge in [0.1, 0.15) is 11.4 Å². The first-order valence-corrected chi connectivity index (χ1v) is 7.76. The molecule has 1 aromatic carbocycles. The Kier molecular flexibility index (Phi) is 5.60. The summed E-state index contributed by atoms with van der Waals surface area (Å²) < 4.78 is 6.91. The number of nitrogens with one attached hydrogen (secondary N) is 1. The topological polar surface area (TPSA) is 81.9 Å². The molecule has 1 heterocycles. The Morgan fingerprint density at radius 2 is 2.35 bits per heavy atom. The maximum atomic E-state index is 11.9. The highest BCUT2D eigenvalue weighted by Gasteiger charge is 2.20. The van der Waals surface area contributed by atoms with Crippen LogP contribution in [0.3, 0.4) is 0 Å². The first-order valence-electron chi connectivity index (χ1n) is 6.88. The number of thioether (sulfide) groups is 1. The summed E-state index contributed by atoms with van der Waals surface area (Å²) in [5, 5.41) is 14.4. The predicted molar refractivity (Wildman–Crippen MR) is 87.6 cm³/mol. The maximum Gasteiger partial charge on any atom is 0.234 e. The smallest absolute Gasteiger partial charge is 0.234 e. The van der Waals surface area contributed by atoms with Crippen molar-refractivity contribution in [3.63, 3.8) is 0 Å². The number of amides is 1. The molecule has 0 aliphatic rings. The Hall–Kier alpha value is -2.53. The van der Waals surface area contributed by atoms with Crippen molar-refractivity contribution in [3.05, 3.63) is 23.8 Å². The van der Waals surface area contributed by atoms with E-state index in [4.69, 9.17) is 11.2 Å². The van der Waals surface area contributed by atoms with Crippen molar-refractivity contribution in [2.24, 2.45) is 0 Å². The lowest BCUT2D eigenvalue weighted by Crippen LogP contribution is -2.31. The third-order valence-corrected chi connectivity index (χ3v) is 4.05. The number of aromatic nitrogens is 4. The van der Waals surface area contributed by atoms with Crippen LogP contribution in [0.1, 0.15) is 12.5 Å². The fourth-order valence-electron chi connectivity index (χ4n) is 1.86. The molecular weight excluding hydrogens is 314 g/mol. The first kappa shape index (κ1) is 16.8. The number of ether oxygens (including phenoxy) is 1. The van der Waals surface area contributed by atoms with Crippen LogP contribution in [0.15, 0.2) is 23.4 Å². The van der Waals surface area contributed by atoms with Gasteiger partial charge in [0.05, 0.1) is 18.9 Å². The Morgan fingerprint density at radius 3 is 3.04 bits per heavy atom. The molecule has 23 heavy (non-hydrogen) atoms. The zero-order valence-electron chi connectivity index (χ0n) is 13.1. The molecular formula is C15H17N5O2S. The van der Waals surface area contributed by atoms with Gasteiger partial charge < -0.3 is 10.1 Å². The van der Waals surface area contributed by atoms with Crippen LogP contribution in [0.5, 0.6) is 5.75 Å². The summed E-state index contributed by atoms with van der Waals surface area (Å²) >= 11 is 1.25. The molecule has 120 valence electrons. The van der Waals surface area contributed by atoms with Gasteiger partial charge in [0.2, 0.25) is 11.1 Å². The number of terminal acetylenes is 1. The number of carbonyl (C=O) groups is 1. The van der Waals surface area contributed by atoms with Gasteiger partial charge in [-0.2, -0.15) is 4.68 Å². The molecule has 1 aromatic heterocycles. The Labute approximate surface area is 138 Å². The average molecular weight is 331 g/mol. The number of rotatable bonds is 6. The Bertz CT molecular complexity index is 738. The van der Waals surface area contributed by atoms with Crippen LogP contribution in [0.2, 0.25) is 0 Å². The molecule has 1 N–H and O–H groups in total. The standard InChI is InChI=1S/C15H17N5O2S/c1-5-8-16-14(21)11(3)23-15-17-18-19-20(15)12-9-10(2)6-7-13(12)22-4/h1,6-7,9,11H,8H2,2-4H3,(H,16,21). The molecule has 2 rings (SSSR count). The van der Waals surface area contributed by atoms with Crippen molar-refractivity contribution < 1.29 is 9.53 Å². The van der Waals surface area contributed by atoms with Crippen molar-refractivity contribution in [2.75, 3.05) is 13.7 Å². The Morgan fingerprint density at radius 1 is 1.57 bits per heavy atom. The summed E-state index contributed by atoms with van der Waals surface area (Å²) in [6.07, 6.45) is 5.14. The normalized spacial score (nSPS) is 11.6. The van der Waals surface area contributed by atoms with Gasteiger partial charge in [0.15, 0.2) is 0 Å². The number of benzene rings is 1. The minimum atomic E-state index is -0.385. The molecule has 1 amide bonds. The van der Waals surface area contributed by atoms with Crippen LogP contribution in [0.25, 0.3) is 5.69 Å². The lowest BCUT2D eigenvalue weighted by Gasteiger charge is -2.12. The SMILES string of the molecule is C#CCNC(=O)C(C)Sc1nnnn1-c1cc(C)ccc1OC. The summed E-state index contributed by atoms with van der Waals surface area (Å²) in [6, 6.07) is 5.71. The quantitative estimate of drug-likeness (QED) is 0.633. The first-order chi connectivity index (χ1) is 11.1. The van der Waals surface area contributed by atoms with E-state index in [0.717, 1.165) is 11.3 Å². The van der Waals surface area contributed by atoms with E-state index in [1.165, 1.54) is 11.8 Å². The fourth-order valence-corrected chi connectivity index (χ4v) is 2.69. The number of hydrogen-bond donors (Lipinski definition) is 1. The molecule has 0 aliphatic heterocycles. The van der Waals surface area contributed by atoms with Gasteiger partial charge in [-0.15, -0.1) is 11.5 Å². The predicted octanol–water partition coefficient (Wildman–Crippen LogP) is 1.21. The van der Waals surface area contributed by atoms with Crippen LogP contribution in [-0.2, 0) is 4.79 Å². The van der Waals surface area contributed by atoms with E-state index in [-0.39, 0.29) is 17.7 Å². The molecule has 1 unspecified atom stereocenters. The third-order valence-electron chi connectivity index (χ3n) is 3.02. The number of nitrogens with zero attached hydrogens (tertiary/aromatic N) is 4. The molecule has 0 radical (unpaired) electrons. The monoisotopic (exact) mass is 331 g/mol. The second-order valence-corrected chi connectivity index (χ2v) is 6.04. The molecule has 0 spiro atoms. The number of carbonyl (C=O) groups excluding carboxylic acids is 1. The van der Waals surface area contributed by atoms with Gasteiger partial charge in [0, 0.05) is 0 Å². The second-order valence-electron chi connectivity index (χ2n) is 4.73. The lowest BCUT2D eigenvalue weighted by atomic mass is 10.2. The summed E-state index contributed by atoms with van der Waals surface area (Å²) in [4.78, 5) is 11.9. The molecule has 0 fully saturated rings. The second kappa shape index (κ2) is 7.65. The number of methoxy groups -OCH3 is 1. The van der Waals surface area contributed by atoms with Gasteiger partial charge in [0.25, 0.3) is 0 Å².